The zero-order chi connectivity index (χ0) is 12.4. The predicted molar refractivity (Wildman–Crippen MR) is 62.9 cm³/mol. The SMILES string of the molecule is CCOC(=O)c1cc2cccnc2n(C)c1=O. The van der Waals surface area contributed by atoms with Crippen molar-refractivity contribution in [2.45, 2.75) is 6.92 Å². The van der Waals surface area contributed by atoms with Gasteiger partial charge in [-0.1, -0.05) is 0 Å². The van der Waals surface area contributed by atoms with Gasteiger partial charge in [0.1, 0.15) is 11.2 Å². The normalized spacial score (nSPS) is 10.5. The van der Waals surface area contributed by atoms with Crippen LogP contribution in [-0.4, -0.2) is 22.1 Å². The number of hydrogen-bond donors (Lipinski definition) is 0. The van der Waals surface area contributed by atoms with E-state index in [2.05, 4.69) is 4.98 Å². The van der Waals surface area contributed by atoms with Gasteiger partial charge >= 0.3 is 5.97 Å². The Kier molecular flexibility index (Phi) is 2.91. The molecule has 0 aliphatic rings. The maximum Gasteiger partial charge on any atom is 0.343 e. The van der Waals surface area contributed by atoms with Gasteiger partial charge in [-0.3, -0.25) is 9.36 Å². The minimum Gasteiger partial charge on any atom is -0.462 e. The first-order valence-corrected chi connectivity index (χ1v) is 5.27. The Bertz CT molecular complexity index is 631. The number of esters is 1. The molecule has 0 aliphatic heterocycles. The molecule has 2 rings (SSSR count). The molecule has 0 N–H and O–H groups in total. The molecule has 0 fully saturated rings. The van der Waals surface area contributed by atoms with Crippen molar-refractivity contribution in [2.75, 3.05) is 6.61 Å². The number of ether oxygens (including phenoxy) is 1. The van der Waals surface area contributed by atoms with Crippen molar-refractivity contribution in [3.8, 4) is 0 Å². The van der Waals surface area contributed by atoms with E-state index in [-0.39, 0.29) is 12.2 Å². The molecule has 2 aromatic rings. The fourth-order valence-electron chi connectivity index (χ4n) is 1.65. The molecular weight excluding hydrogens is 220 g/mol. The molecule has 0 saturated carbocycles. The topological polar surface area (TPSA) is 61.2 Å². The molecule has 0 saturated heterocycles. The molecule has 5 nitrogen and oxygen atoms in total. The number of carbonyl (C=O) groups excluding carboxylic acids is 1. The lowest BCUT2D eigenvalue weighted by Crippen LogP contribution is -2.26. The highest BCUT2D eigenvalue weighted by Gasteiger charge is 2.15. The third kappa shape index (κ3) is 1.91. The third-order valence-corrected chi connectivity index (χ3v) is 2.46. The lowest BCUT2D eigenvalue weighted by molar-refractivity contribution is 0.0524. The molecule has 0 aliphatic carbocycles. The number of rotatable bonds is 2. The van der Waals surface area contributed by atoms with Gasteiger partial charge in [0, 0.05) is 18.6 Å². The molecule has 0 spiro atoms. The Morgan fingerprint density at radius 2 is 2.29 bits per heavy atom. The monoisotopic (exact) mass is 232 g/mol. The van der Waals surface area contributed by atoms with E-state index in [0.29, 0.717) is 5.65 Å². The Morgan fingerprint density at radius 3 is 3.00 bits per heavy atom. The van der Waals surface area contributed by atoms with Gasteiger partial charge in [-0.15, -0.1) is 0 Å². The van der Waals surface area contributed by atoms with Gasteiger partial charge in [0.15, 0.2) is 0 Å². The number of hydrogen-bond acceptors (Lipinski definition) is 4. The first-order valence-electron chi connectivity index (χ1n) is 5.27. The first-order chi connectivity index (χ1) is 8.15. The quantitative estimate of drug-likeness (QED) is 0.728. The van der Waals surface area contributed by atoms with Crippen LogP contribution in [0.25, 0.3) is 11.0 Å². The smallest absolute Gasteiger partial charge is 0.343 e. The predicted octanol–water partition coefficient (Wildman–Crippen LogP) is 1.11. The minimum absolute atomic E-state index is 0.0369. The van der Waals surface area contributed by atoms with Crippen molar-refractivity contribution in [1.29, 1.82) is 0 Å². The second-order valence-electron chi connectivity index (χ2n) is 3.56. The van der Waals surface area contributed by atoms with Gasteiger partial charge in [-0.25, -0.2) is 9.78 Å². The van der Waals surface area contributed by atoms with E-state index in [0.717, 1.165) is 5.39 Å². The minimum atomic E-state index is -0.598. The highest BCUT2D eigenvalue weighted by molar-refractivity contribution is 5.93. The molecule has 17 heavy (non-hydrogen) atoms. The van der Waals surface area contributed by atoms with E-state index >= 15 is 0 Å². The van der Waals surface area contributed by atoms with Gasteiger partial charge in [-0.2, -0.15) is 0 Å². The number of pyridine rings is 2. The highest BCUT2D eigenvalue weighted by Crippen LogP contribution is 2.10. The average molecular weight is 232 g/mol. The summed E-state index contributed by atoms with van der Waals surface area (Å²) in [6.07, 6.45) is 1.60. The van der Waals surface area contributed by atoms with Gasteiger partial charge in [-0.05, 0) is 25.1 Å². The number of aryl methyl sites for hydroxylation is 1. The van der Waals surface area contributed by atoms with Crippen LogP contribution in [-0.2, 0) is 11.8 Å². The molecule has 5 heteroatoms. The zero-order valence-electron chi connectivity index (χ0n) is 9.64. The molecule has 0 atom stereocenters. The molecule has 0 unspecified atom stereocenters. The van der Waals surface area contributed by atoms with Crippen LogP contribution < -0.4 is 5.56 Å². The average Bonchev–Trinajstić information content (AvgIpc) is 2.34. The summed E-state index contributed by atoms with van der Waals surface area (Å²) in [4.78, 5) is 27.6. The first kappa shape index (κ1) is 11.3. The standard InChI is InChI=1S/C12H12N2O3/c1-3-17-12(16)9-7-8-5-4-6-13-10(8)14(2)11(9)15/h4-7H,3H2,1-2H3. The summed E-state index contributed by atoms with van der Waals surface area (Å²) in [6.45, 7) is 1.94. The van der Waals surface area contributed by atoms with Crippen LogP contribution in [0.3, 0.4) is 0 Å². The maximum absolute atomic E-state index is 11.9. The number of carbonyl (C=O) groups is 1. The fourth-order valence-corrected chi connectivity index (χ4v) is 1.65. The molecule has 2 heterocycles. The molecule has 0 bridgehead atoms. The molecular formula is C12H12N2O3. The van der Waals surface area contributed by atoms with Crippen molar-refractivity contribution in [3.63, 3.8) is 0 Å². The highest BCUT2D eigenvalue weighted by atomic mass is 16.5. The molecule has 88 valence electrons. The van der Waals surface area contributed by atoms with Gasteiger partial charge in [0.25, 0.3) is 5.56 Å². The summed E-state index contributed by atoms with van der Waals surface area (Å²) < 4.78 is 6.19. The largest absolute Gasteiger partial charge is 0.462 e. The van der Waals surface area contributed by atoms with Gasteiger partial charge in [0.2, 0.25) is 0 Å². The van der Waals surface area contributed by atoms with Gasteiger partial charge in [0.05, 0.1) is 6.61 Å². The maximum atomic E-state index is 11.9. The number of fused-ring (bicyclic) bond motifs is 1. The molecule has 2 aromatic heterocycles. The Balaban J connectivity index is 2.70. The van der Waals surface area contributed by atoms with E-state index in [1.54, 1.807) is 32.3 Å². The Labute approximate surface area is 97.7 Å². The summed E-state index contributed by atoms with van der Waals surface area (Å²) in [7, 11) is 1.58. The summed E-state index contributed by atoms with van der Waals surface area (Å²) in [5, 5.41) is 0.734. The Morgan fingerprint density at radius 1 is 1.53 bits per heavy atom. The fraction of sp³-hybridized carbons (Fsp3) is 0.250. The van der Waals surface area contributed by atoms with Crippen LogP contribution in [0.4, 0.5) is 0 Å². The lowest BCUT2D eigenvalue weighted by Gasteiger charge is -2.06. The van der Waals surface area contributed by atoms with Crippen molar-refractivity contribution < 1.29 is 9.53 Å². The van der Waals surface area contributed by atoms with Crippen LogP contribution in [0.5, 0.6) is 0 Å². The third-order valence-electron chi connectivity index (χ3n) is 2.46. The van der Waals surface area contributed by atoms with Crippen molar-refractivity contribution in [1.82, 2.24) is 9.55 Å². The van der Waals surface area contributed by atoms with Crippen LogP contribution in [0.2, 0.25) is 0 Å². The summed E-state index contributed by atoms with van der Waals surface area (Å²) >= 11 is 0. The summed E-state index contributed by atoms with van der Waals surface area (Å²) in [5.41, 5.74) is 0.190. The van der Waals surface area contributed by atoms with Crippen LogP contribution in [0.1, 0.15) is 17.3 Å². The summed E-state index contributed by atoms with van der Waals surface area (Å²) in [5.74, 6) is -0.598. The van der Waals surface area contributed by atoms with Crippen molar-refractivity contribution in [2.24, 2.45) is 7.05 Å². The molecule has 0 amide bonds. The second kappa shape index (κ2) is 4.37. The molecule has 0 aromatic carbocycles. The van der Waals surface area contributed by atoms with E-state index in [4.69, 9.17) is 4.74 Å². The zero-order valence-corrected chi connectivity index (χ0v) is 9.64. The van der Waals surface area contributed by atoms with Crippen LogP contribution in [0.15, 0.2) is 29.2 Å². The number of nitrogens with zero attached hydrogens (tertiary/aromatic N) is 2. The number of aromatic nitrogens is 2. The summed E-state index contributed by atoms with van der Waals surface area (Å²) in [6, 6.07) is 5.06. The Hall–Kier alpha value is -2.17. The van der Waals surface area contributed by atoms with E-state index in [1.807, 2.05) is 0 Å². The van der Waals surface area contributed by atoms with Crippen molar-refractivity contribution >= 4 is 17.0 Å². The second-order valence-corrected chi connectivity index (χ2v) is 3.56. The van der Waals surface area contributed by atoms with Gasteiger partial charge < -0.3 is 4.74 Å². The van der Waals surface area contributed by atoms with E-state index in [1.165, 1.54) is 10.6 Å². The van der Waals surface area contributed by atoms with Crippen molar-refractivity contribution in [3.05, 3.63) is 40.3 Å². The van der Waals surface area contributed by atoms with Crippen LogP contribution >= 0.6 is 0 Å². The van der Waals surface area contributed by atoms with Crippen LogP contribution in [0, 0.1) is 0 Å². The lowest BCUT2D eigenvalue weighted by atomic mass is 10.2. The van der Waals surface area contributed by atoms with E-state index < -0.39 is 11.5 Å². The molecule has 0 radical (unpaired) electrons. The van der Waals surface area contributed by atoms with E-state index in [9.17, 15) is 9.59 Å².